The van der Waals surface area contributed by atoms with Gasteiger partial charge >= 0.3 is 0 Å². The van der Waals surface area contributed by atoms with Crippen LogP contribution in [0.2, 0.25) is 0 Å². The topological polar surface area (TPSA) is 74.3 Å². The Morgan fingerprint density at radius 1 is 0.256 bits per heavy atom. The van der Waals surface area contributed by atoms with Gasteiger partial charge in [0.1, 0.15) is 0 Å². The average Bonchev–Trinajstić information content (AvgIpc) is 1.54. The van der Waals surface area contributed by atoms with E-state index in [2.05, 4.69) is 426 Å². The second-order valence-electron chi connectivity index (χ2n) is 35.2. The van der Waals surface area contributed by atoms with Crippen molar-refractivity contribution in [2.45, 2.75) is 57.3 Å². The Hall–Kier alpha value is -15.6. The van der Waals surface area contributed by atoms with Crippen molar-refractivity contribution in [3.8, 4) is 146 Å². The summed E-state index contributed by atoms with van der Waals surface area (Å²) in [6, 6.07) is 139. The highest BCUT2D eigenvalue weighted by molar-refractivity contribution is 6.19. The standard InChI is InChI=1S/C118H83N7/c1-116(2)98-47-18-17-42-95(98)108-92(43-24-48-99(108)116)82-59-63-104-96(70-82)110-93(45-27-51-106(110)125(104)88-61-62-90-81(69-88)58-55-74-30-15-16-41-89(74)90)80-36-21-38-85(66-80)114-119-101(76-31-11-7-12-32-76)72-102(120-114)84-37-22-39-86(67-84)115-122-112(77-33-13-8-14-34-77)121-113(123-115)78-56-53-75(54-57-78)91-44-26-50-105-109(91)97-71-83(94-46-25-49-100-111(94)118(5)65-20-19-52-107(118)117(100,3)4)60-64-103(97)124(105)87-40-23-35-79(68-87)73-28-9-6-10-29-73/h6-64,66-72H,65H2,1-5H3. The van der Waals surface area contributed by atoms with Crippen LogP contribution in [0.5, 0.6) is 0 Å². The number of aromatic nitrogens is 7. The maximum atomic E-state index is 5.58. The van der Waals surface area contributed by atoms with Crippen molar-refractivity contribution in [2.24, 2.45) is 0 Å². The molecule has 17 aromatic carbocycles. The van der Waals surface area contributed by atoms with E-state index in [4.69, 9.17) is 24.9 Å². The Morgan fingerprint density at radius 3 is 1.43 bits per heavy atom. The highest BCUT2D eigenvalue weighted by Gasteiger charge is 2.50. The van der Waals surface area contributed by atoms with Crippen LogP contribution in [0.3, 0.4) is 0 Å². The normalized spacial score (nSPS) is 14.7. The highest BCUT2D eigenvalue weighted by atomic mass is 15.0. The Balaban J connectivity index is 0.616. The first kappa shape index (κ1) is 73.4. The molecule has 0 fully saturated rings. The van der Waals surface area contributed by atoms with Gasteiger partial charge in [-0.05, 0) is 201 Å². The molecule has 0 spiro atoms. The zero-order valence-electron chi connectivity index (χ0n) is 69.9. The van der Waals surface area contributed by atoms with Crippen molar-refractivity contribution in [1.29, 1.82) is 0 Å². The molecule has 3 aliphatic rings. The first-order chi connectivity index (χ1) is 61.3. The molecule has 7 heteroatoms. The van der Waals surface area contributed by atoms with Gasteiger partial charge in [0, 0.05) is 82.5 Å². The molecule has 0 aliphatic heterocycles. The van der Waals surface area contributed by atoms with Crippen LogP contribution in [-0.4, -0.2) is 34.1 Å². The third kappa shape index (κ3) is 11.8. The van der Waals surface area contributed by atoms with Gasteiger partial charge in [-0.2, -0.15) is 0 Å². The van der Waals surface area contributed by atoms with Crippen LogP contribution in [-0.2, 0) is 16.2 Å². The van der Waals surface area contributed by atoms with Crippen LogP contribution >= 0.6 is 0 Å². The van der Waals surface area contributed by atoms with E-state index in [0.717, 1.165) is 107 Å². The van der Waals surface area contributed by atoms with Crippen LogP contribution in [0.4, 0.5) is 0 Å². The third-order valence-electron chi connectivity index (χ3n) is 27.3. The quantitative estimate of drug-likeness (QED) is 0.108. The van der Waals surface area contributed by atoms with Crippen LogP contribution in [0.15, 0.2) is 406 Å². The number of hydrogen-bond acceptors (Lipinski definition) is 5. The van der Waals surface area contributed by atoms with Crippen LogP contribution in [0, 0.1) is 0 Å². The molecule has 21 aromatic rings. The molecule has 0 saturated heterocycles. The van der Waals surface area contributed by atoms with Crippen LogP contribution in [0.25, 0.3) is 211 Å². The number of hydrogen-bond donors (Lipinski definition) is 0. The summed E-state index contributed by atoms with van der Waals surface area (Å²) in [6.45, 7) is 12.0. The molecule has 590 valence electrons. The molecule has 0 saturated carbocycles. The zero-order valence-corrected chi connectivity index (χ0v) is 69.9. The minimum atomic E-state index is -0.143. The summed E-state index contributed by atoms with van der Waals surface area (Å²) in [6.07, 6.45) is 7.95. The van der Waals surface area contributed by atoms with Gasteiger partial charge in [-0.1, -0.05) is 356 Å². The van der Waals surface area contributed by atoms with Crippen LogP contribution < -0.4 is 0 Å². The van der Waals surface area contributed by atoms with Crippen molar-refractivity contribution >= 4 is 65.2 Å². The lowest BCUT2D eigenvalue weighted by Crippen LogP contribution is -2.27. The second-order valence-corrected chi connectivity index (χ2v) is 35.2. The zero-order chi connectivity index (χ0) is 83.4. The summed E-state index contributed by atoms with van der Waals surface area (Å²) in [7, 11) is 0. The lowest BCUT2D eigenvalue weighted by Gasteiger charge is -2.33. The molecule has 7 nitrogen and oxygen atoms in total. The van der Waals surface area contributed by atoms with Crippen molar-refractivity contribution in [3.63, 3.8) is 0 Å². The molecular formula is C118H83N7. The van der Waals surface area contributed by atoms with E-state index in [9.17, 15) is 0 Å². The molecule has 0 bridgehead atoms. The molecule has 125 heavy (non-hydrogen) atoms. The Bertz CT molecular complexity index is 8120. The van der Waals surface area contributed by atoms with E-state index in [-0.39, 0.29) is 16.2 Å². The molecule has 4 heterocycles. The number of rotatable bonds is 13. The van der Waals surface area contributed by atoms with Gasteiger partial charge in [0.2, 0.25) is 0 Å². The maximum absolute atomic E-state index is 5.58. The number of allylic oxidation sites excluding steroid dienone is 4. The fraction of sp³-hybridized carbons (Fsp3) is 0.0763. The molecule has 3 aliphatic carbocycles. The van der Waals surface area contributed by atoms with Crippen molar-refractivity contribution in [3.05, 3.63) is 428 Å². The minimum absolute atomic E-state index is 0.103. The Morgan fingerprint density at radius 2 is 0.720 bits per heavy atom. The minimum Gasteiger partial charge on any atom is -0.309 e. The molecule has 0 amide bonds. The van der Waals surface area contributed by atoms with Gasteiger partial charge in [0.25, 0.3) is 0 Å². The van der Waals surface area contributed by atoms with Crippen molar-refractivity contribution < 1.29 is 0 Å². The molecule has 0 N–H and O–H groups in total. The fourth-order valence-corrected chi connectivity index (χ4v) is 21.3. The van der Waals surface area contributed by atoms with Gasteiger partial charge in [-0.15, -0.1) is 0 Å². The van der Waals surface area contributed by atoms with E-state index < -0.39 is 0 Å². The van der Waals surface area contributed by atoms with Crippen molar-refractivity contribution in [2.75, 3.05) is 0 Å². The summed E-state index contributed by atoms with van der Waals surface area (Å²) in [5.74, 6) is 2.29. The van der Waals surface area contributed by atoms with Crippen molar-refractivity contribution in [1.82, 2.24) is 34.1 Å². The molecule has 0 radical (unpaired) electrons. The smallest absolute Gasteiger partial charge is 0.164 e. The predicted octanol–water partition coefficient (Wildman–Crippen LogP) is 30.2. The Kier molecular flexibility index (Phi) is 16.7. The summed E-state index contributed by atoms with van der Waals surface area (Å²) >= 11 is 0. The lowest BCUT2D eigenvalue weighted by molar-refractivity contribution is 0.512. The second kappa shape index (κ2) is 28.5. The number of fused-ring (bicyclic) bond motifs is 15. The van der Waals surface area contributed by atoms with Gasteiger partial charge in [-0.25, -0.2) is 24.9 Å². The molecule has 24 rings (SSSR count). The SMILES string of the molecule is CC1(C)C2=CC=CCC2(C)c2c(-c3ccc4c(c3)c3c(-c5ccc(-c6nc(-c7ccccc7)nc(-c7cccc(-c8cc(-c9ccccc9)nc(-c9cccc(-c%10cccc%11c%10c%10cc(-c%12cccc%13c%12-c%12ccccc%12C%13(C)C)ccc%10n%11-c%10ccc%11c(ccc%12ccccc%12%11)c%10)c9)n8)c7)n6)cc5)cccc3n4-c3cccc(-c4ccccc4)c3)cccc21. The first-order valence-corrected chi connectivity index (χ1v) is 43.4. The third-order valence-corrected chi connectivity index (χ3v) is 27.3. The molecule has 4 aromatic heterocycles. The van der Waals surface area contributed by atoms with Gasteiger partial charge in [0.15, 0.2) is 23.3 Å². The number of nitrogens with zero attached hydrogens (tertiary/aromatic N) is 7. The summed E-state index contributed by atoms with van der Waals surface area (Å²) in [4.78, 5) is 27.1. The van der Waals surface area contributed by atoms with E-state index in [0.29, 0.717) is 23.3 Å². The highest BCUT2D eigenvalue weighted by Crippen LogP contribution is 2.60. The molecule has 1 unspecified atom stereocenters. The van der Waals surface area contributed by atoms with E-state index in [1.807, 2.05) is 18.2 Å². The number of benzene rings is 17. The predicted molar refractivity (Wildman–Crippen MR) is 519 cm³/mol. The van der Waals surface area contributed by atoms with E-state index in [1.165, 1.54) is 115 Å². The van der Waals surface area contributed by atoms with Crippen LogP contribution in [0.1, 0.15) is 63.3 Å². The average molecular weight is 1600 g/mol. The van der Waals surface area contributed by atoms with E-state index in [1.54, 1.807) is 0 Å². The molecular weight excluding hydrogens is 1520 g/mol. The maximum Gasteiger partial charge on any atom is 0.164 e. The first-order valence-electron chi connectivity index (χ1n) is 43.4. The fourth-order valence-electron chi connectivity index (χ4n) is 21.3. The largest absolute Gasteiger partial charge is 0.309 e. The lowest BCUT2D eigenvalue weighted by atomic mass is 9.70. The van der Waals surface area contributed by atoms with Gasteiger partial charge < -0.3 is 9.13 Å². The van der Waals surface area contributed by atoms with E-state index >= 15 is 0 Å². The summed E-state index contributed by atoms with van der Waals surface area (Å²) in [5.41, 5.74) is 34.6. The van der Waals surface area contributed by atoms with Gasteiger partial charge in [0.05, 0.1) is 33.5 Å². The summed E-state index contributed by atoms with van der Waals surface area (Å²) in [5, 5.41) is 9.63. The monoisotopic (exact) mass is 1600 g/mol. The Labute approximate surface area is 726 Å². The molecule has 1 atom stereocenters. The van der Waals surface area contributed by atoms with Gasteiger partial charge in [-0.3, -0.25) is 0 Å². The summed E-state index contributed by atoms with van der Waals surface area (Å²) < 4.78 is 4.93.